The summed E-state index contributed by atoms with van der Waals surface area (Å²) in [4.78, 5) is 10.5. The number of nitrogens with two attached hydrogens (primary N) is 1. The zero-order valence-corrected chi connectivity index (χ0v) is 6.63. The summed E-state index contributed by atoms with van der Waals surface area (Å²) < 4.78 is 0. The number of rotatable bonds is 2. The first-order valence-corrected chi connectivity index (χ1v) is 3.74. The number of aliphatic hydroxyl groups is 1. The minimum atomic E-state index is -0.694. The Kier molecular flexibility index (Phi) is 2.16. The molecule has 3 N–H and O–H groups in total. The average Bonchev–Trinajstić information content (AvgIpc) is 2.33. The molecule has 0 aliphatic carbocycles. The molecule has 1 atom stereocenters. The Morgan fingerprint density at radius 1 is 1.73 bits per heavy atom. The molecule has 1 rings (SSSR count). The van der Waals surface area contributed by atoms with Crippen molar-refractivity contribution in [3.63, 3.8) is 0 Å². The Morgan fingerprint density at radius 3 is 2.64 bits per heavy atom. The molecule has 1 unspecified atom stereocenters. The molecule has 1 aromatic rings. The highest BCUT2D eigenvalue weighted by Crippen LogP contribution is 2.16. The topological polar surface area (TPSA) is 89.1 Å². The summed E-state index contributed by atoms with van der Waals surface area (Å²) in [6.07, 6.45) is -0.694. The molecule has 0 radical (unpaired) electrons. The SMILES string of the molecule is CC(O)c1nnc(C(N)=O)s1. The van der Waals surface area contributed by atoms with E-state index in [1.54, 1.807) is 6.92 Å². The van der Waals surface area contributed by atoms with Gasteiger partial charge in [0.15, 0.2) is 0 Å². The average molecular weight is 173 g/mol. The van der Waals surface area contributed by atoms with Gasteiger partial charge in [0.05, 0.1) is 0 Å². The van der Waals surface area contributed by atoms with Crippen LogP contribution >= 0.6 is 11.3 Å². The van der Waals surface area contributed by atoms with Gasteiger partial charge < -0.3 is 10.8 Å². The summed E-state index contributed by atoms with van der Waals surface area (Å²) in [5, 5.41) is 16.5. The van der Waals surface area contributed by atoms with Crippen LogP contribution in [0.25, 0.3) is 0 Å². The van der Waals surface area contributed by atoms with Crippen molar-refractivity contribution in [1.82, 2.24) is 10.2 Å². The zero-order chi connectivity index (χ0) is 8.43. The number of amides is 1. The van der Waals surface area contributed by atoms with Crippen LogP contribution in [0.1, 0.15) is 27.8 Å². The van der Waals surface area contributed by atoms with Crippen LogP contribution < -0.4 is 5.73 Å². The molecule has 0 saturated carbocycles. The van der Waals surface area contributed by atoms with Gasteiger partial charge in [-0.25, -0.2) is 0 Å². The molecular weight excluding hydrogens is 166 g/mol. The number of carbonyl (C=O) groups is 1. The van der Waals surface area contributed by atoms with Crippen molar-refractivity contribution in [2.75, 3.05) is 0 Å². The van der Waals surface area contributed by atoms with E-state index >= 15 is 0 Å². The van der Waals surface area contributed by atoms with Gasteiger partial charge in [0.1, 0.15) is 11.1 Å². The van der Waals surface area contributed by atoms with E-state index in [0.29, 0.717) is 5.01 Å². The van der Waals surface area contributed by atoms with Crippen LogP contribution in [0.15, 0.2) is 0 Å². The molecule has 0 bridgehead atoms. The summed E-state index contributed by atoms with van der Waals surface area (Å²) in [6.45, 7) is 1.55. The maximum Gasteiger partial charge on any atom is 0.279 e. The van der Waals surface area contributed by atoms with Gasteiger partial charge in [-0.05, 0) is 6.92 Å². The molecule has 0 spiro atoms. The van der Waals surface area contributed by atoms with Crippen LogP contribution in [0, 0.1) is 0 Å². The van der Waals surface area contributed by atoms with Gasteiger partial charge >= 0.3 is 0 Å². The number of aromatic nitrogens is 2. The molecule has 60 valence electrons. The van der Waals surface area contributed by atoms with E-state index in [-0.39, 0.29) is 5.01 Å². The molecule has 5 nitrogen and oxygen atoms in total. The van der Waals surface area contributed by atoms with Gasteiger partial charge in [0.25, 0.3) is 5.91 Å². The second kappa shape index (κ2) is 2.93. The van der Waals surface area contributed by atoms with Crippen LogP contribution in [-0.2, 0) is 0 Å². The van der Waals surface area contributed by atoms with Crippen molar-refractivity contribution >= 4 is 17.2 Å². The lowest BCUT2D eigenvalue weighted by Gasteiger charge is -1.92. The van der Waals surface area contributed by atoms with Crippen molar-refractivity contribution < 1.29 is 9.90 Å². The van der Waals surface area contributed by atoms with E-state index in [2.05, 4.69) is 10.2 Å². The number of hydrogen-bond donors (Lipinski definition) is 2. The van der Waals surface area contributed by atoms with E-state index in [9.17, 15) is 4.79 Å². The monoisotopic (exact) mass is 173 g/mol. The van der Waals surface area contributed by atoms with Crippen LogP contribution in [-0.4, -0.2) is 21.2 Å². The lowest BCUT2D eigenvalue weighted by molar-refractivity contribution is 0.0999. The smallest absolute Gasteiger partial charge is 0.279 e. The largest absolute Gasteiger partial charge is 0.386 e. The maximum absolute atomic E-state index is 10.5. The third kappa shape index (κ3) is 1.72. The van der Waals surface area contributed by atoms with Crippen molar-refractivity contribution in [3.8, 4) is 0 Å². The van der Waals surface area contributed by atoms with Crippen molar-refractivity contribution in [1.29, 1.82) is 0 Å². The predicted molar refractivity (Wildman–Crippen MR) is 39.1 cm³/mol. The molecule has 6 heteroatoms. The third-order valence-electron chi connectivity index (χ3n) is 1.01. The van der Waals surface area contributed by atoms with Gasteiger partial charge in [-0.1, -0.05) is 11.3 Å². The van der Waals surface area contributed by atoms with Gasteiger partial charge in [0, 0.05) is 0 Å². The number of nitrogens with zero attached hydrogens (tertiary/aromatic N) is 2. The second-order valence-corrected chi connectivity index (χ2v) is 2.99. The summed E-state index contributed by atoms with van der Waals surface area (Å²) in [7, 11) is 0. The fraction of sp³-hybridized carbons (Fsp3) is 0.400. The van der Waals surface area contributed by atoms with Crippen molar-refractivity contribution in [2.24, 2.45) is 5.73 Å². The van der Waals surface area contributed by atoms with Crippen LogP contribution in [0.4, 0.5) is 0 Å². The molecule has 0 aliphatic rings. The van der Waals surface area contributed by atoms with E-state index in [0.717, 1.165) is 11.3 Å². The Labute approximate surface area is 66.9 Å². The van der Waals surface area contributed by atoms with Gasteiger partial charge in [-0.2, -0.15) is 0 Å². The Morgan fingerprint density at radius 2 is 2.36 bits per heavy atom. The lowest BCUT2D eigenvalue weighted by atomic mass is 10.4. The number of primary amides is 1. The van der Waals surface area contributed by atoms with Gasteiger partial charge in [0.2, 0.25) is 5.01 Å². The Hall–Kier alpha value is -1.01. The lowest BCUT2D eigenvalue weighted by Crippen LogP contribution is -2.10. The van der Waals surface area contributed by atoms with E-state index in [4.69, 9.17) is 10.8 Å². The molecule has 0 aliphatic heterocycles. The third-order valence-corrected chi connectivity index (χ3v) is 2.12. The fourth-order valence-corrected chi connectivity index (χ4v) is 1.14. The first kappa shape index (κ1) is 8.09. The second-order valence-electron chi connectivity index (χ2n) is 1.99. The summed E-state index contributed by atoms with van der Waals surface area (Å²) in [5.41, 5.74) is 4.91. The highest BCUT2D eigenvalue weighted by molar-refractivity contribution is 7.13. The van der Waals surface area contributed by atoms with Crippen LogP contribution in [0.2, 0.25) is 0 Å². The summed E-state index contributed by atoms with van der Waals surface area (Å²) >= 11 is 1.00. The van der Waals surface area contributed by atoms with Crippen molar-refractivity contribution in [2.45, 2.75) is 13.0 Å². The minimum absolute atomic E-state index is 0.126. The summed E-state index contributed by atoms with van der Waals surface area (Å²) in [6, 6.07) is 0. The van der Waals surface area contributed by atoms with E-state index < -0.39 is 12.0 Å². The molecule has 0 fully saturated rings. The highest BCUT2D eigenvalue weighted by atomic mass is 32.1. The maximum atomic E-state index is 10.5. The molecule has 1 heterocycles. The normalized spacial score (nSPS) is 12.9. The molecule has 0 saturated heterocycles. The van der Waals surface area contributed by atoms with Crippen LogP contribution in [0.5, 0.6) is 0 Å². The fourth-order valence-electron chi connectivity index (χ4n) is 0.503. The highest BCUT2D eigenvalue weighted by Gasteiger charge is 2.11. The van der Waals surface area contributed by atoms with Gasteiger partial charge in [-0.15, -0.1) is 10.2 Å². The number of hydrogen-bond acceptors (Lipinski definition) is 5. The first-order valence-electron chi connectivity index (χ1n) is 2.92. The molecular formula is C5H7N3O2S. The molecule has 1 amide bonds. The minimum Gasteiger partial charge on any atom is -0.386 e. The van der Waals surface area contributed by atoms with Crippen molar-refractivity contribution in [3.05, 3.63) is 10.0 Å². The Bertz CT molecular complexity index is 270. The molecule has 0 aromatic carbocycles. The Balaban J connectivity index is 2.90. The molecule has 1 aromatic heterocycles. The van der Waals surface area contributed by atoms with E-state index in [1.807, 2.05) is 0 Å². The quantitative estimate of drug-likeness (QED) is 0.642. The number of carbonyl (C=O) groups excluding carboxylic acids is 1. The number of aliphatic hydroxyl groups excluding tert-OH is 1. The standard InChI is InChI=1S/C5H7N3O2S/c1-2(9)4-7-8-5(11-4)3(6)10/h2,9H,1H3,(H2,6,10). The molecule has 11 heavy (non-hydrogen) atoms. The van der Waals surface area contributed by atoms with Gasteiger partial charge in [-0.3, -0.25) is 4.79 Å². The summed E-state index contributed by atoms with van der Waals surface area (Å²) in [5.74, 6) is -0.616. The van der Waals surface area contributed by atoms with E-state index in [1.165, 1.54) is 0 Å². The van der Waals surface area contributed by atoms with Crippen LogP contribution in [0.3, 0.4) is 0 Å². The zero-order valence-electron chi connectivity index (χ0n) is 5.81. The predicted octanol–water partition coefficient (Wildman–Crippen LogP) is -0.310. The first-order chi connectivity index (χ1) is 5.11.